The monoisotopic (exact) mass is 299 g/mol. The van der Waals surface area contributed by atoms with E-state index in [1.54, 1.807) is 6.26 Å². The first-order valence-electron chi connectivity index (χ1n) is 7.05. The second-order valence-electron chi connectivity index (χ2n) is 5.67. The zero-order chi connectivity index (χ0) is 13.5. The van der Waals surface area contributed by atoms with E-state index in [1.165, 1.54) is 22.1 Å². The van der Waals surface area contributed by atoms with Crippen molar-refractivity contribution in [2.24, 2.45) is 0 Å². The predicted molar refractivity (Wildman–Crippen MR) is 88.1 cm³/mol. The van der Waals surface area contributed by atoms with Crippen LogP contribution in [0.5, 0.6) is 0 Å². The standard InChI is InChI=1S/C18H17NO.ClH/c1-19-11-15-4-2-3-5-16(15)17(12-19)13-6-7-18-14(10-13)8-9-20-18;/h2-10,17H,11-12H2,1H3;1H. The molecule has 1 aromatic heterocycles. The predicted octanol–water partition coefficient (Wildman–Crippen LogP) is 4.43. The highest BCUT2D eigenvalue weighted by Crippen LogP contribution is 2.34. The maximum Gasteiger partial charge on any atom is 0.133 e. The van der Waals surface area contributed by atoms with E-state index < -0.39 is 0 Å². The lowest BCUT2D eigenvalue weighted by Gasteiger charge is -2.32. The largest absolute Gasteiger partial charge is 0.464 e. The molecule has 4 rings (SSSR count). The van der Waals surface area contributed by atoms with Crippen molar-refractivity contribution in [2.45, 2.75) is 12.5 Å². The molecule has 0 bridgehead atoms. The maximum atomic E-state index is 5.44. The number of halogens is 1. The van der Waals surface area contributed by atoms with Gasteiger partial charge >= 0.3 is 0 Å². The molecule has 0 N–H and O–H groups in total. The van der Waals surface area contributed by atoms with E-state index in [-0.39, 0.29) is 12.4 Å². The third-order valence-corrected chi connectivity index (χ3v) is 4.24. The van der Waals surface area contributed by atoms with E-state index >= 15 is 0 Å². The summed E-state index contributed by atoms with van der Waals surface area (Å²) in [5.41, 5.74) is 5.25. The molecule has 2 heterocycles. The summed E-state index contributed by atoms with van der Waals surface area (Å²) in [5, 5.41) is 1.19. The topological polar surface area (TPSA) is 16.4 Å². The van der Waals surface area contributed by atoms with Gasteiger partial charge in [0.25, 0.3) is 0 Å². The van der Waals surface area contributed by atoms with Gasteiger partial charge in [0.15, 0.2) is 0 Å². The molecular formula is C18H18ClNO. The highest BCUT2D eigenvalue weighted by Gasteiger charge is 2.24. The van der Waals surface area contributed by atoms with Gasteiger partial charge in [0, 0.05) is 24.4 Å². The molecule has 1 atom stereocenters. The van der Waals surface area contributed by atoms with Gasteiger partial charge in [0.05, 0.1) is 6.26 Å². The maximum absolute atomic E-state index is 5.44. The molecule has 0 aliphatic carbocycles. The molecule has 0 radical (unpaired) electrons. The van der Waals surface area contributed by atoms with Crippen LogP contribution in [0.1, 0.15) is 22.6 Å². The summed E-state index contributed by atoms with van der Waals surface area (Å²) in [6.07, 6.45) is 1.76. The van der Waals surface area contributed by atoms with Crippen molar-refractivity contribution in [3.8, 4) is 0 Å². The Labute approximate surface area is 130 Å². The van der Waals surface area contributed by atoms with Crippen molar-refractivity contribution in [1.82, 2.24) is 4.90 Å². The summed E-state index contributed by atoms with van der Waals surface area (Å²) < 4.78 is 5.44. The molecule has 3 aromatic rings. The second-order valence-corrected chi connectivity index (χ2v) is 5.67. The van der Waals surface area contributed by atoms with Crippen LogP contribution in [0, 0.1) is 0 Å². The number of fused-ring (bicyclic) bond motifs is 2. The van der Waals surface area contributed by atoms with Gasteiger partial charge in [-0.05, 0) is 41.9 Å². The van der Waals surface area contributed by atoms with Gasteiger partial charge < -0.3 is 9.32 Å². The number of nitrogens with zero attached hydrogens (tertiary/aromatic N) is 1. The van der Waals surface area contributed by atoms with Crippen LogP contribution in [0.15, 0.2) is 59.2 Å². The number of likely N-dealkylation sites (N-methyl/N-ethyl adjacent to an activating group) is 1. The lowest BCUT2D eigenvalue weighted by atomic mass is 9.84. The van der Waals surface area contributed by atoms with Gasteiger partial charge in [-0.3, -0.25) is 0 Å². The molecule has 0 fully saturated rings. The first-order chi connectivity index (χ1) is 9.81. The van der Waals surface area contributed by atoms with Gasteiger partial charge in [-0.15, -0.1) is 12.4 Å². The number of hydrogen-bond donors (Lipinski definition) is 0. The fourth-order valence-electron chi connectivity index (χ4n) is 3.27. The Balaban J connectivity index is 0.00000132. The SMILES string of the molecule is CN1Cc2ccccc2C(c2ccc3occc3c2)C1.Cl. The van der Waals surface area contributed by atoms with Crippen molar-refractivity contribution < 1.29 is 4.42 Å². The molecule has 108 valence electrons. The number of hydrogen-bond acceptors (Lipinski definition) is 2. The molecule has 1 aliphatic rings. The fraction of sp³-hybridized carbons (Fsp3) is 0.222. The Morgan fingerprint density at radius 3 is 2.86 bits per heavy atom. The number of rotatable bonds is 1. The minimum atomic E-state index is 0. The summed E-state index contributed by atoms with van der Waals surface area (Å²) in [5.74, 6) is 0.448. The van der Waals surface area contributed by atoms with Crippen LogP contribution in [0.25, 0.3) is 11.0 Å². The Hall–Kier alpha value is -1.77. The molecule has 2 nitrogen and oxygen atoms in total. The van der Waals surface area contributed by atoms with E-state index in [2.05, 4.69) is 54.4 Å². The number of furan rings is 1. The van der Waals surface area contributed by atoms with Gasteiger partial charge in [0.2, 0.25) is 0 Å². The molecule has 0 saturated heterocycles. The molecule has 0 spiro atoms. The van der Waals surface area contributed by atoms with Crippen LogP contribution in [0.2, 0.25) is 0 Å². The molecule has 0 saturated carbocycles. The minimum Gasteiger partial charge on any atom is -0.464 e. The van der Waals surface area contributed by atoms with Crippen molar-refractivity contribution >= 4 is 23.4 Å². The first-order valence-corrected chi connectivity index (χ1v) is 7.05. The average Bonchev–Trinajstić information content (AvgIpc) is 2.93. The molecule has 21 heavy (non-hydrogen) atoms. The lowest BCUT2D eigenvalue weighted by molar-refractivity contribution is 0.295. The van der Waals surface area contributed by atoms with E-state index in [0.717, 1.165) is 18.7 Å². The summed E-state index contributed by atoms with van der Waals surface area (Å²) in [6, 6.07) is 17.4. The molecule has 1 unspecified atom stereocenters. The van der Waals surface area contributed by atoms with Crippen molar-refractivity contribution in [3.05, 3.63) is 71.5 Å². The van der Waals surface area contributed by atoms with E-state index in [4.69, 9.17) is 4.42 Å². The van der Waals surface area contributed by atoms with Crippen molar-refractivity contribution in [2.75, 3.05) is 13.6 Å². The minimum absolute atomic E-state index is 0. The summed E-state index contributed by atoms with van der Waals surface area (Å²) >= 11 is 0. The van der Waals surface area contributed by atoms with Crippen molar-refractivity contribution in [1.29, 1.82) is 0 Å². The van der Waals surface area contributed by atoms with Crippen LogP contribution in [0.3, 0.4) is 0 Å². The van der Waals surface area contributed by atoms with E-state index in [1.807, 2.05) is 6.07 Å². The first kappa shape index (κ1) is 14.2. The van der Waals surface area contributed by atoms with Crippen LogP contribution in [0.4, 0.5) is 0 Å². The molecule has 3 heteroatoms. The third kappa shape index (κ3) is 2.45. The summed E-state index contributed by atoms with van der Waals surface area (Å²) in [6.45, 7) is 2.11. The molecule has 0 amide bonds. The molecule has 1 aliphatic heterocycles. The Bertz CT molecular complexity index is 765. The van der Waals surface area contributed by atoms with Crippen LogP contribution < -0.4 is 0 Å². The highest BCUT2D eigenvalue weighted by molar-refractivity contribution is 5.85. The van der Waals surface area contributed by atoms with Crippen LogP contribution in [-0.2, 0) is 6.54 Å². The summed E-state index contributed by atoms with van der Waals surface area (Å²) in [4.78, 5) is 2.40. The van der Waals surface area contributed by atoms with Crippen molar-refractivity contribution in [3.63, 3.8) is 0 Å². The zero-order valence-electron chi connectivity index (χ0n) is 12.0. The van der Waals surface area contributed by atoms with Gasteiger partial charge in [-0.1, -0.05) is 30.3 Å². The quantitative estimate of drug-likeness (QED) is 0.661. The fourth-order valence-corrected chi connectivity index (χ4v) is 3.27. The summed E-state index contributed by atoms with van der Waals surface area (Å²) in [7, 11) is 2.19. The van der Waals surface area contributed by atoms with E-state index in [9.17, 15) is 0 Å². The third-order valence-electron chi connectivity index (χ3n) is 4.24. The molecular weight excluding hydrogens is 282 g/mol. The van der Waals surface area contributed by atoms with Gasteiger partial charge in [-0.2, -0.15) is 0 Å². The average molecular weight is 300 g/mol. The van der Waals surface area contributed by atoms with Gasteiger partial charge in [0.1, 0.15) is 5.58 Å². The zero-order valence-corrected chi connectivity index (χ0v) is 12.8. The highest BCUT2D eigenvalue weighted by atomic mass is 35.5. The Morgan fingerprint density at radius 2 is 1.95 bits per heavy atom. The Kier molecular flexibility index (Phi) is 3.75. The lowest BCUT2D eigenvalue weighted by Crippen LogP contribution is -2.30. The van der Waals surface area contributed by atoms with Gasteiger partial charge in [-0.25, -0.2) is 0 Å². The van der Waals surface area contributed by atoms with Crippen LogP contribution in [-0.4, -0.2) is 18.5 Å². The van der Waals surface area contributed by atoms with Crippen LogP contribution >= 0.6 is 12.4 Å². The van der Waals surface area contributed by atoms with E-state index in [0.29, 0.717) is 5.92 Å². The second kappa shape index (κ2) is 5.55. The number of benzene rings is 2. The normalized spacial score (nSPS) is 18.2. The Morgan fingerprint density at radius 1 is 1.10 bits per heavy atom. The smallest absolute Gasteiger partial charge is 0.133 e. The molecule has 2 aromatic carbocycles.